The highest BCUT2D eigenvalue weighted by Gasteiger charge is 2.31. The van der Waals surface area contributed by atoms with Crippen LogP contribution in [0.4, 0.5) is 0 Å². The molecule has 1 atom stereocenters. The second kappa shape index (κ2) is 4.97. The fraction of sp³-hybridized carbons (Fsp3) is 0.846. The summed E-state index contributed by atoms with van der Waals surface area (Å²) in [4.78, 5) is 9.47. The standard InChI is InChI=1S/C13H22N4O/c1-3-16-6-8-17(9-7-16)10(2)13-14-12(15-18-13)11-4-5-11/h10-11H,3-9H2,1-2H3. The van der Waals surface area contributed by atoms with E-state index in [1.165, 1.54) is 12.8 Å². The Bertz CT molecular complexity index is 393. The molecular formula is C13H22N4O. The normalized spacial score (nSPS) is 24.3. The van der Waals surface area contributed by atoms with E-state index in [2.05, 4.69) is 33.8 Å². The molecule has 2 fully saturated rings. The van der Waals surface area contributed by atoms with Crippen LogP contribution in [0.25, 0.3) is 0 Å². The van der Waals surface area contributed by atoms with Gasteiger partial charge in [-0.15, -0.1) is 0 Å². The number of rotatable bonds is 4. The molecule has 2 aliphatic rings. The van der Waals surface area contributed by atoms with Gasteiger partial charge < -0.3 is 9.42 Å². The summed E-state index contributed by atoms with van der Waals surface area (Å²) >= 11 is 0. The average Bonchev–Trinajstić information content (AvgIpc) is 3.16. The Kier molecular flexibility index (Phi) is 3.35. The highest BCUT2D eigenvalue weighted by Crippen LogP contribution is 2.38. The Morgan fingerprint density at radius 2 is 2.00 bits per heavy atom. The number of hydrogen-bond acceptors (Lipinski definition) is 5. The first-order chi connectivity index (χ1) is 8.78. The Balaban J connectivity index is 1.61. The quantitative estimate of drug-likeness (QED) is 0.813. The second-order valence-corrected chi connectivity index (χ2v) is 5.41. The summed E-state index contributed by atoms with van der Waals surface area (Å²) in [6.07, 6.45) is 2.45. The van der Waals surface area contributed by atoms with Crippen molar-refractivity contribution in [2.24, 2.45) is 0 Å². The van der Waals surface area contributed by atoms with E-state index in [0.717, 1.165) is 44.4 Å². The highest BCUT2D eigenvalue weighted by molar-refractivity contribution is 5.04. The van der Waals surface area contributed by atoms with Crippen molar-refractivity contribution in [1.82, 2.24) is 19.9 Å². The highest BCUT2D eigenvalue weighted by atomic mass is 16.5. The summed E-state index contributed by atoms with van der Waals surface area (Å²) in [7, 11) is 0. The van der Waals surface area contributed by atoms with Crippen LogP contribution in [0.3, 0.4) is 0 Å². The first-order valence-electron chi connectivity index (χ1n) is 7.08. The Morgan fingerprint density at radius 1 is 1.28 bits per heavy atom. The fourth-order valence-electron chi connectivity index (χ4n) is 2.55. The lowest BCUT2D eigenvalue weighted by molar-refractivity contribution is 0.0914. The molecule has 1 aliphatic carbocycles. The van der Waals surface area contributed by atoms with Crippen LogP contribution >= 0.6 is 0 Å². The SMILES string of the molecule is CCN1CCN(C(C)c2nc(C3CC3)no2)CC1. The molecule has 0 amide bonds. The largest absolute Gasteiger partial charge is 0.338 e. The average molecular weight is 250 g/mol. The number of likely N-dealkylation sites (N-methyl/N-ethyl adjacent to an activating group) is 1. The predicted molar refractivity (Wildman–Crippen MR) is 68.4 cm³/mol. The third-order valence-corrected chi connectivity index (χ3v) is 4.16. The van der Waals surface area contributed by atoms with Gasteiger partial charge in [0.2, 0.25) is 5.89 Å². The molecule has 0 bridgehead atoms. The van der Waals surface area contributed by atoms with Gasteiger partial charge in [0.1, 0.15) is 0 Å². The molecule has 100 valence electrons. The number of hydrogen-bond donors (Lipinski definition) is 0. The second-order valence-electron chi connectivity index (χ2n) is 5.41. The number of aromatic nitrogens is 2. The summed E-state index contributed by atoms with van der Waals surface area (Å²) in [6.45, 7) is 10.0. The van der Waals surface area contributed by atoms with Gasteiger partial charge in [0.05, 0.1) is 6.04 Å². The zero-order valence-corrected chi connectivity index (χ0v) is 11.3. The van der Waals surface area contributed by atoms with Crippen molar-refractivity contribution < 1.29 is 4.52 Å². The monoisotopic (exact) mass is 250 g/mol. The third kappa shape index (κ3) is 2.42. The van der Waals surface area contributed by atoms with Crippen molar-refractivity contribution in [3.05, 3.63) is 11.7 Å². The van der Waals surface area contributed by atoms with Gasteiger partial charge in [-0.1, -0.05) is 12.1 Å². The minimum atomic E-state index is 0.254. The zero-order valence-electron chi connectivity index (χ0n) is 11.3. The van der Waals surface area contributed by atoms with E-state index in [0.29, 0.717) is 5.92 Å². The van der Waals surface area contributed by atoms with Crippen LogP contribution in [0, 0.1) is 0 Å². The molecule has 1 unspecified atom stereocenters. The topological polar surface area (TPSA) is 45.4 Å². The molecule has 0 N–H and O–H groups in total. The van der Waals surface area contributed by atoms with Gasteiger partial charge in [-0.2, -0.15) is 4.98 Å². The Hall–Kier alpha value is -0.940. The molecular weight excluding hydrogens is 228 g/mol. The van der Waals surface area contributed by atoms with Crippen LogP contribution < -0.4 is 0 Å². The lowest BCUT2D eigenvalue weighted by Gasteiger charge is -2.36. The van der Waals surface area contributed by atoms with E-state index in [9.17, 15) is 0 Å². The molecule has 3 rings (SSSR count). The molecule has 1 saturated heterocycles. The lowest BCUT2D eigenvalue weighted by Crippen LogP contribution is -2.46. The molecule has 0 radical (unpaired) electrons. The predicted octanol–water partition coefficient (Wildman–Crippen LogP) is 1.65. The zero-order chi connectivity index (χ0) is 12.5. The first kappa shape index (κ1) is 12.1. The molecule has 2 heterocycles. The van der Waals surface area contributed by atoms with Crippen LogP contribution in [-0.4, -0.2) is 52.7 Å². The summed E-state index contributed by atoms with van der Waals surface area (Å²) in [5, 5.41) is 4.10. The smallest absolute Gasteiger partial charge is 0.243 e. The van der Waals surface area contributed by atoms with Crippen molar-refractivity contribution in [3.63, 3.8) is 0 Å². The minimum absolute atomic E-state index is 0.254. The van der Waals surface area contributed by atoms with Crippen molar-refractivity contribution in [3.8, 4) is 0 Å². The van der Waals surface area contributed by atoms with Gasteiger partial charge in [0, 0.05) is 32.1 Å². The maximum Gasteiger partial charge on any atom is 0.243 e. The molecule has 18 heavy (non-hydrogen) atoms. The first-order valence-corrected chi connectivity index (χ1v) is 7.08. The van der Waals surface area contributed by atoms with Gasteiger partial charge in [-0.3, -0.25) is 4.90 Å². The van der Waals surface area contributed by atoms with Gasteiger partial charge in [0.15, 0.2) is 5.82 Å². The van der Waals surface area contributed by atoms with Gasteiger partial charge in [-0.25, -0.2) is 0 Å². The van der Waals surface area contributed by atoms with Crippen LogP contribution in [0.1, 0.15) is 50.4 Å². The van der Waals surface area contributed by atoms with Crippen molar-refractivity contribution in [1.29, 1.82) is 0 Å². The molecule has 1 aliphatic heterocycles. The number of nitrogens with zero attached hydrogens (tertiary/aromatic N) is 4. The van der Waals surface area contributed by atoms with E-state index >= 15 is 0 Å². The van der Waals surface area contributed by atoms with Crippen molar-refractivity contribution in [2.75, 3.05) is 32.7 Å². The van der Waals surface area contributed by atoms with Gasteiger partial charge in [-0.05, 0) is 26.3 Å². The van der Waals surface area contributed by atoms with E-state index in [-0.39, 0.29) is 6.04 Å². The summed E-state index contributed by atoms with van der Waals surface area (Å²) in [6, 6.07) is 0.254. The molecule has 0 aromatic carbocycles. The van der Waals surface area contributed by atoms with Crippen LogP contribution in [0.2, 0.25) is 0 Å². The summed E-state index contributed by atoms with van der Waals surface area (Å²) in [5.41, 5.74) is 0. The van der Waals surface area contributed by atoms with E-state index in [4.69, 9.17) is 4.52 Å². The molecule has 1 aromatic heterocycles. The molecule has 5 nitrogen and oxygen atoms in total. The van der Waals surface area contributed by atoms with Crippen molar-refractivity contribution >= 4 is 0 Å². The molecule has 5 heteroatoms. The third-order valence-electron chi connectivity index (χ3n) is 4.16. The van der Waals surface area contributed by atoms with Crippen LogP contribution in [0.5, 0.6) is 0 Å². The van der Waals surface area contributed by atoms with E-state index < -0.39 is 0 Å². The maximum atomic E-state index is 5.42. The molecule has 1 saturated carbocycles. The number of piperazine rings is 1. The Morgan fingerprint density at radius 3 is 2.61 bits per heavy atom. The Labute approximate surface area is 108 Å². The van der Waals surface area contributed by atoms with Crippen molar-refractivity contribution in [2.45, 2.75) is 38.6 Å². The van der Waals surface area contributed by atoms with Crippen LogP contribution in [0.15, 0.2) is 4.52 Å². The minimum Gasteiger partial charge on any atom is -0.338 e. The molecule has 1 aromatic rings. The lowest BCUT2D eigenvalue weighted by atomic mass is 10.2. The van der Waals surface area contributed by atoms with Gasteiger partial charge >= 0.3 is 0 Å². The van der Waals surface area contributed by atoms with E-state index in [1.807, 2.05) is 0 Å². The summed E-state index contributed by atoms with van der Waals surface area (Å²) < 4.78 is 5.42. The summed E-state index contributed by atoms with van der Waals surface area (Å²) in [5.74, 6) is 2.29. The molecule has 0 spiro atoms. The van der Waals surface area contributed by atoms with E-state index in [1.54, 1.807) is 0 Å². The maximum absolute atomic E-state index is 5.42. The van der Waals surface area contributed by atoms with Gasteiger partial charge in [0.25, 0.3) is 0 Å². The fourth-order valence-corrected chi connectivity index (χ4v) is 2.55. The van der Waals surface area contributed by atoms with Crippen LogP contribution in [-0.2, 0) is 0 Å².